The van der Waals surface area contributed by atoms with Crippen LogP contribution in [-0.2, 0) is 0 Å². The Kier molecular flexibility index (Phi) is 2.76. The van der Waals surface area contributed by atoms with E-state index in [1.165, 1.54) is 28.9 Å². The maximum Gasteiger partial charge on any atom is 0.278 e. The van der Waals surface area contributed by atoms with E-state index >= 15 is 0 Å². The first-order chi connectivity index (χ1) is 9.66. The topological polar surface area (TPSA) is 78.0 Å². The zero-order valence-electron chi connectivity index (χ0n) is 10.3. The Morgan fingerprint density at radius 2 is 1.80 bits per heavy atom. The fraction of sp³-hybridized carbons (Fsp3) is 0. The Hall–Kier alpha value is -3.02. The molecular formula is C14H9N3O3. The lowest BCUT2D eigenvalue weighted by Crippen LogP contribution is -2.13. The van der Waals surface area contributed by atoms with Gasteiger partial charge in [0.15, 0.2) is 0 Å². The number of hydrogen-bond donors (Lipinski definition) is 0. The van der Waals surface area contributed by atoms with Crippen LogP contribution in [0.3, 0.4) is 0 Å². The first-order valence-electron chi connectivity index (χ1n) is 5.89. The van der Waals surface area contributed by atoms with Gasteiger partial charge in [0.05, 0.1) is 16.6 Å². The van der Waals surface area contributed by atoms with Crippen molar-refractivity contribution in [1.82, 2.24) is 9.78 Å². The third-order valence-corrected chi connectivity index (χ3v) is 2.99. The molecule has 0 saturated heterocycles. The van der Waals surface area contributed by atoms with Crippen molar-refractivity contribution in [3.05, 3.63) is 70.4 Å². The van der Waals surface area contributed by atoms with Gasteiger partial charge >= 0.3 is 0 Å². The fourth-order valence-corrected chi connectivity index (χ4v) is 1.98. The summed E-state index contributed by atoms with van der Waals surface area (Å²) in [4.78, 5) is 22.4. The van der Waals surface area contributed by atoms with Crippen LogP contribution >= 0.6 is 0 Å². The molecule has 2 aromatic carbocycles. The number of non-ortho nitro benzene ring substituents is 1. The smallest absolute Gasteiger partial charge is 0.267 e. The molecular weight excluding hydrogens is 258 g/mol. The molecule has 0 aliphatic carbocycles. The van der Waals surface area contributed by atoms with E-state index in [1.807, 2.05) is 18.2 Å². The largest absolute Gasteiger partial charge is 0.278 e. The molecule has 3 aromatic rings. The predicted octanol–water partition coefficient (Wildman–Crippen LogP) is 2.63. The third-order valence-electron chi connectivity index (χ3n) is 2.99. The van der Waals surface area contributed by atoms with Gasteiger partial charge in [-0.1, -0.05) is 18.2 Å². The molecule has 0 radical (unpaired) electrons. The summed E-state index contributed by atoms with van der Waals surface area (Å²) in [5.41, 5.74) is 1.01. The monoisotopic (exact) mass is 267 g/mol. The number of para-hydroxylation sites is 1. The Bertz CT molecular complexity index is 806. The zero-order chi connectivity index (χ0) is 14.1. The standard InChI is InChI=1S/C14H9N3O3/c18-14(10-5-7-12(8-6-10)17(19)20)16-13-4-2-1-3-11(13)9-15-16/h1-9H. The average molecular weight is 267 g/mol. The molecule has 0 amide bonds. The number of carbonyl (C=O) groups excluding carboxylic acids is 1. The number of nitrogens with zero attached hydrogens (tertiary/aromatic N) is 3. The van der Waals surface area contributed by atoms with Gasteiger partial charge in [-0.25, -0.2) is 0 Å². The molecule has 0 unspecified atom stereocenters. The molecule has 6 heteroatoms. The minimum absolute atomic E-state index is 0.0492. The van der Waals surface area contributed by atoms with E-state index in [-0.39, 0.29) is 11.6 Å². The summed E-state index contributed by atoms with van der Waals surface area (Å²) in [5, 5.41) is 15.5. The molecule has 20 heavy (non-hydrogen) atoms. The average Bonchev–Trinajstić information content (AvgIpc) is 2.90. The van der Waals surface area contributed by atoms with Crippen molar-refractivity contribution in [2.24, 2.45) is 0 Å². The summed E-state index contributed by atoms with van der Waals surface area (Å²) in [7, 11) is 0. The first-order valence-corrected chi connectivity index (χ1v) is 5.89. The van der Waals surface area contributed by atoms with Crippen molar-refractivity contribution in [2.75, 3.05) is 0 Å². The molecule has 98 valence electrons. The van der Waals surface area contributed by atoms with Crippen molar-refractivity contribution in [3.63, 3.8) is 0 Å². The zero-order valence-corrected chi connectivity index (χ0v) is 10.3. The van der Waals surface area contributed by atoms with E-state index in [4.69, 9.17) is 0 Å². The van der Waals surface area contributed by atoms with Gasteiger partial charge in [-0.3, -0.25) is 14.9 Å². The van der Waals surface area contributed by atoms with Crippen LogP contribution in [0, 0.1) is 10.1 Å². The highest BCUT2D eigenvalue weighted by Gasteiger charge is 2.14. The van der Waals surface area contributed by atoms with E-state index in [9.17, 15) is 14.9 Å². The molecule has 0 aliphatic rings. The number of rotatable bonds is 2. The van der Waals surface area contributed by atoms with Crippen LogP contribution in [0.4, 0.5) is 5.69 Å². The summed E-state index contributed by atoms with van der Waals surface area (Å²) in [6.07, 6.45) is 1.61. The SMILES string of the molecule is O=C(c1ccc([N+](=O)[O-])cc1)n1ncc2ccccc21. The lowest BCUT2D eigenvalue weighted by molar-refractivity contribution is -0.384. The lowest BCUT2D eigenvalue weighted by atomic mass is 10.2. The van der Waals surface area contributed by atoms with E-state index in [0.717, 1.165) is 5.39 Å². The summed E-state index contributed by atoms with van der Waals surface area (Å²) in [5.74, 6) is -0.318. The first kappa shape index (κ1) is 12.0. The van der Waals surface area contributed by atoms with Gasteiger partial charge in [0, 0.05) is 23.1 Å². The van der Waals surface area contributed by atoms with Crippen molar-refractivity contribution >= 4 is 22.5 Å². The summed E-state index contributed by atoms with van der Waals surface area (Å²) in [6, 6.07) is 12.8. The number of benzene rings is 2. The molecule has 1 heterocycles. The molecule has 0 saturated carbocycles. The second kappa shape index (κ2) is 4.58. The summed E-state index contributed by atoms with van der Waals surface area (Å²) >= 11 is 0. The number of nitro groups is 1. The van der Waals surface area contributed by atoms with Gasteiger partial charge in [-0.15, -0.1) is 0 Å². The molecule has 0 fully saturated rings. The second-order valence-electron chi connectivity index (χ2n) is 4.22. The highest BCUT2D eigenvalue weighted by Crippen LogP contribution is 2.16. The number of hydrogen-bond acceptors (Lipinski definition) is 4. The maximum absolute atomic E-state index is 12.3. The second-order valence-corrected chi connectivity index (χ2v) is 4.22. The lowest BCUT2D eigenvalue weighted by Gasteiger charge is -2.02. The summed E-state index contributed by atoms with van der Waals surface area (Å²) < 4.78 is 1.29. The predicted molar refractivity (Wildman–Crippen MR) is 72.6 cm³/mol. The minimum Gasteiger partial charge on any atom is -0.267 e. The Morgan fingerprint density at radius 3 is 2.50 bits per heavy atom. The van der Waals surface area contributed by atoms with Crippen LogP contribution < -0.4 is 0 Å². The van der Waals surface area contributed by atoms with E-state index in [1.54, 1.807) is 12.3 Å². The molecule has 0 atom stereocenters. The molecule has 0 spiro atoms. The van der Waals surface area contributed by atoms with Crippen LogP contribution in [0.1, 0.15) is 10.4 Å². The van der Waals surface area contributed by atoms with Crippen LogP contribution in [0.5, 0.6) is 0 Å². The molecule has 3 rings (SSSR count). The molecule has 0 N–H and O–H groups in total. The maximum atomic E-state index is 12.3. The van der Waals surface area contributed by atoms with Crippen molar-refractivity contribution < 1.29 is 9.72 Å². The van der Waals surface area contributed by atoms with E-state index in [0.29, 0.717) is 11.1 Å². The van der Waals surface area contributed by atoms with Gasteiger partial charge < -0.3 is 0 Å². The Labute approximate surface area is 113 Å². The van der Waals surface area contributed by atoms with E-state index < -0.39 is 4.92 Å². The minimum atomic E-state index is -0.502. The van der Waals surface area contributed by atoms with Gasteiger partial charge in [0.2, 0.25) is 0 Å². The number of nitro benzene ring substituents is 1. The highest BCUT2D eigenvalue weighted by atomic mass is 16.6. The normalized spacial score (nSPS) is 10.6. The van der Waals surface area contributed by atoms with Crippen molar-refractivity contribution in [1.29, 1.82) is 0 Å². The van der Waals surface area contributed by atoms with Gasteiger partial charge in [0.1, 0.15) is 0 Å². The quantitative estimate of drug-likeness (QED) is 0.528. The van der Waals surface area contributed by atoms with Crippen LogP contribution in [0.15, 0.2) is 54.7 Å². The summed E-state index contributed by atoms with van der Waals surface area (Å²) in [6.45, 7) is 0. The number of fused-ring (bicyclic) bond motifs is 1. The highest BCUT2D eigenvalue weighted by molar-refractivity contribution is 6.00. The Morgan fingerprint density at radius 1 is 1.10 bits per heavy atom. The van der Waals surface area contributed by atoms with Crippen LogP contribution in [-0.4, -0.2) is 20.6 Å². The Balaban J connectivity index is 2.02. The van der Waals surface area contributed by atoms with Gasteiger partial charge in [0.25, 0.3) is 11.6 Å². The fourth-order valence-electron chi connectivity index (χ4n) is 1.98. The van der Waals surface area contributed by atoms with Gasteiger partial charge in [-0.05, 0) is 18.2 Å². The molecule has 1 aromatic heterocycles. The van der Waals surface area contributed by atoms with Crippen molar-refractivity contribution in [3.8, 4) is 0 Å². The third kappa shape index (κ3) is 1.93. The van der Waals surface area contributed by atoms with Crippen LogP contribution in [0.2, 0.25) is 0 Å². The molecule has 0 bridgehead atoms. The molecule has 0 aliphatic heterocycles. The van der Waals surface area contributed by atoms with Crippen LogP contribution in [0.25, 0.3) is 10.9 Å². The van der Waals surface area contributed by atoms with Gasteiger partial charge in [-0.2, -0.15) is 9.78 Å². The van der Waals surface area contributed by atoms with Crippen molar-refractivity contribution in [2.45, 2.75) is 0 Å². The molecule has 6 nitrogen and oxygen atoms in total. The number of carbonyl (C=O) groups is 1. The van der Waals surface area contributed by atoms with E-state index in [2.05, 4.69) is 5.10 Å². The number of aromatic nitrogens is 2.